The summed E-state index contributed by atoms with van der Waals surface area (Å²) in [6.07, 6.45) is 0. The van der Waals surface area contributed by atoms with Crippen molar-refractivity contribution in [3.8, 4) is 22.3 Å². The molecule has 7 heteroatoms. The lowest BCUT2D eigenvalue weighted by molar-refractivity contribution is 0.640. The number of anilines is 6. The van der Waals surface area contributed by atoms with Crippen LogP contribution < -0.4 is 9.80 Å². The molecule has 0 unspecified atom stereocenters. The van der Waals surface area contributed by atoms with Gasteiger partial charge in [0.1, 0.15) is 34.0 Å². The predicted octanol–water partition coefficient (Wildman–Crippen LogP) is 16.4. The average molecular weight is 837 g/mol. The summed E-state index contributed by atoms with van der Waals surface area (Å²) in [7, 11) is 0. The number of furan rings is 3. The number of hydrogen-bond donors (Lipinski definition) is 0. The highest BCUT2D eigenvalue weighted by Crippen LogP contribution is 2.42. The van der Waals surface area contributed by atoms with Crippen LogP contribution in [0, 0.1) is 0 Å². The monoisotopic (exact) mass is 836 g/mol. The molecule has 0 N–H and O–H groups in total. The molecule has 13 rings (SSSR count). The van der Waals surface area contributed by atoms with Gasteiger partial charge in [-0.1, -0.05) is 121 Å². The van der Waals surface area contributed by atoms with E-state index < -0.39 is 0 Å². The minimum Gasteiger partial charge on any atom is -0.456 e. The van der Waals surface area contributed by atoms with Crippen molar-refractivity contribution in [2.45, 2.75) is 0 Å². The van der Waals surface area contributed by atoms with Gasteiger partial charge in [0, 0.05) is 45.1 Å². The zero-order chi connectivity index (χ0) is 42.8. The number of hydrogen-bond acceptors (Lipinski definition) is 7. The minimum absolute atomic E-state index is 0.486. The Hall–Kier alpha value is -8.94. The molecule has 5 aromatic heterocycles. The van der Waals surface area contributed by atoms with Gasteiger partial charge in [0.25, 0.3) is 0 Å². The molecule has 0 aliphatic heterocycles. The highest BCUT2D eigenvalue weighted by molar-refractivity contribution is 6.08. The minimum atomic E-state index is 0.486. The highest BCUT2D eigenvalue weighted by Gasteiger charge is 2.22. The Bertz CT molecular complexity index is 3640. The third-order valence-corrected chi connectivity index (χ3v) is 12.3. The van der Waals surface area contributed by atoms with Crippen LogP contribution in [0.4, 0.5) is 34.4 Å². The Morgan fingerprint density at radius 3 is 1.06 bits per heavy atom. The quantitative estimate of drug-likeness (QED) is 0.151. The van der Waals surface area contributed by atoms with Gasteiger partial charge in [-0.15, -0.1) is 0 Å². The summed E-state index contributed by atoms with van der Waals surface area (Å²) in [6, 6.07) is 75.1. The first kappa shape index (κ1) is 36.7. The molecule has 0 bridgehead atoms. The molecule has 0 aliphatic rings. The first-order valence-electron chi connectivity index (χ1n) is 21.6. The number of pyridine rings is 2. The summed E-state index contributed by atoms with van der Waals surface area (Å²) in [4.78, 5) is 14.7. The molecular weight excluding hydrogens is 801 g/mol. The van der Waals surface area contributed by atoms with Crippen molar-refractivity contribution in [2.24, 2.45) is 0 Å². The van der Waals surface area contributed by atoms with Gasteiger partial charge in [-0.2, -0.15) is 9.97 Å². The third-order valence-electron chi connectivity index (χ3n) is 12.3. The molecule has 7 nitrogen and oxygen atoms in total. The molecule has 0 spiro atoms. The van der Waals surface area contributed by atoms with Crippen LogP contribution in [0.15, 0.2) is 232 Å². The number of benzene rings is 8. The smallest absolute Gasteiger partial charge is 0.231 e. The number of para-hydroxylation sites is 2. The van der Waals surface area contributed by atoms with E-state index in [1.54, 1.807) is 0 Å². The number of fused-ring (bicyclic) bond motifs is 9. The van der Waals surface area contributed by atoms with Crippen LogP contribution in [0.1, 0.15) is 0 Å². The molecule has 0 saturated heterocycles. The first-order chi connectivity index (χ1) is 32.2. The molecule has 5 heterocycles. The van der Waals surface area contributed by atoms with Crippen molar-refractivity contribution in [2.75, 3.05) is 9.80 Å². The van der Waals surface area contributed by atoms with Crippen LogP contribution in [0.25, 0.3) is 88.3 Å². The fraction of sp³-hybridized carbons (Fsp3) is 0. The molecule has 0 aliphatic carbocycles. The van der Waals surface area contributed by atoms with Gasteiger partial charge in [-0.3, -0.25) is 9.80 Å². The number of aromatic nitrogens is 2. The Kier molecular flexibility index (Phi) is 8.39. The van der Waals surface area contributed by atoms with Crippen LogP contribution in [0.5, 0.6) is 0 Å². The average Bonchev–Trinajstić information content (AvgIpc) is 4.05. The van der Waals surface area contributed by atoms with Gasteiger partial charge >= 0.3 is 0 Å². The second kappa shape index (κ2) is 14.9. The first-order valence-corrected chi connectivity index (χ1v) is 21.6. The summed E-state index contributed by atoms with van der Waals surface area (Å²) >= 11 is 0. The van der Waals surface area contributed by atoms with E-state index in [-0.39, 0.29) is 0 Å². The van der Waals surface area contributed by atoms with Crippen LogP contribution in [-0.4, -0.2) is 9.97 Å². The second-order valence-electron chi connectivity index (χ2n) is 16.2. The van der Waals surface area contributed by atoms with Crippen molar-refractivity contribution < 1.29 is 13.3 Å². The normalized spacial score (nSPS) is 11.7. The second-order valence-corrected chi connectivity index (χ2v) is 16.2. The van der Waals surface area contributed by atoms with E-state index in [4.69, 9.17) is 23.2 Å². The lowest BCUT2D eigenvalue weighted by Crippen LogP contribution is -2.11. The molecule has 0 fully saturated rings. The van der Waals surface area contributed by atoms with Gasteiger partial charge in [-0.25, -0.2) is 0 Å². The van der Waals surface area contributed by atoms with Crippen molar-refractivity contribution in [1.82, 2.24) is 9.97 Å². The van der Waals surface area contributed by atoms with Gasteiger partial charge in [0.05, 0.1) is 22.1 Å². The van der Waals surface area contributed by atoms with Crippen molar-refractivity contribution >= 4 is 100 Å². The molecule has 0 radical (unpaired) electrons. The van der Waals surface area contributed by atoms with Gasteiger partial charge in [-0.05, 0) is 107 Å². The van der Waals surface area contributed by atoms with Gasteiger partial charge < -0.3 is 13.3 Å². The highest BCUT2D eigenvalue weighted by atomic mass is 16.3. The van der Waals surface area contributed by atoms with E-state index in [9.17, 15) is 0 Å². The Balaban J connectivity index is 0.929. The molecule has 0 amide bonds. The zero-order valence-corrected chi connectivity index (χ0v) is 34.8. The fourth-order valence-corrected chi connectivity index (χ4v) is 9.17. The lowest BCUT2D eigenvalue weighted by Gasteiger charge is -2.24. The van der Waals surface area contributed by atoms with Crippen LogP contribution in [0.3, 0.4) is 0 Å². The summed E-state index contributed by atoms with van der Waals surface area (Å²) in [5, 5.41) is 6.03. The van der Waals surface area contributed by atoms with Crippen molar-refractivity contribution in [1.29, 1.82) is 0 Å². The van der Waals surface area contributed by atoms with Gasteiger partial charge in [0.15, 0.2) is 0 Å². The lowest BCUT2D eigenvalue weighted by atomic mass is 10.0. The van der Waals surface area contributed by atoms with Crippen molar-refractivity contribution in [3.63, 3.8) is 0 Å². The molecular formula is C58H36N4O3. The zero-order valence-electron chi connectivity index (χ0n) is 34.8. The Morgan fingerprint density at radius 2 is 0.615 bits per heavy atom. The summed E-state index contributed by atoms with van der Waals surface area (Å²) < 4.78 is 19.4. The van der Waals surface area contributed by atoms with E-state index in [1.807, 2.05) is 60.7 Å². The predicted molar refractivity (Wildman–Crippen MR) is 264 cm³/mol. The molecule has 65 heavy (non-hydrogen) atoms. The maximum absolute atomic E-state index is 6.64. The van der Waals surface area contributed by atoms with Crippen LogP contribution in [0.2, 0.25) is 0 Å². The number of rotatable bonds is 8. The molecule has 0 atom stereocenters. The fourth-order valence-electron chi connectivity index (χ4n) is 9.17. The molecule has 8 aromatic carbocycles. The maximum Gasteiger partial charge on any atom is 0.231 e. The molecule has 0 saturated carbocycles. The van der Waals surface area contributed by atoms with E-state index in [0.29, 0.717) is 23.1 Å². The molecule has 13 aromatic rings. The summed E-state index contributed by atoms with van der Waals surface area (Å²) in [5.41, 5.74) is 12.5. The maximum atomic E-state index is 6.64. The largest absolute Gasteiger partial charge is 0.456 e. The summed E-state index contributed by atoms with van der Waals surface area (Å²) in [5.74, 6) is 1.39. The van der Waals surface area contributed by atoms with E-state index in [2.05, 4.69) is 168 Å². The van der Waals surface area contributed by atoms with Crippen LogP contribution in [-0.2, 0) is 0 Å². The van der Waals surface area contributed by atoms with Crippen molar-refractivity contribution in [3.05, 3.63) is 218 Å². The van der Waals surface area contributed by atoms with Crippen LogP contribution >= 0.6 is 0 Å². The van der Waals surface area contributed by atoms with E-state index in [0.717, 1.165) is 99.7 Å². The standard InChI is InChI=1S/C58H36N4O3/c1-3-11-37(12-4-1)39-19-23-41(24-20-39)61(43-27-29-47-45-15-7-9-17-51(45)63-53(47)35-43)55-33-31-49-50-32-34-56(60-58(50)65-57(49)59-55)62(42-25-21-40(22-26-42)38-13-5-2-6-14-38)44-28-30-48-46-16-8-10-18-52(46)64-54(48)36-44/h1-36H. The van der Waals surface area contributed by atoms with Gasteiger partial charge in [0.2, 0.25) is 11.4 Å². The third kappa shape index (κ3) is 6.28. The molecule has 306 valence electrons. The Labute approximate surface area is 372 Å². The summed E-state index contributed by atoms with van der Waals surface area (Å²) in [6.45, 7) is 0. The topological polar surface area (TPSA) is 71.7 Å². The number of nitrogens with zero attached hydrogens (tertiary/aromatic N) is 4. The van der Waals surface area contributed by atoms with E-state index in [1.165, 1.54) is 0 Å². The SMILES string of the molecule is c1ccc(-c2ccc(N(c3ccc4c(c3)oc3ccccc34)c3ccc4c(n3)oc3nc(N(c5ccc(-c6ccccc6)cc5)c5ccc6c(c5)oc5ccccc56)ccc34)cc2)cc1. The van der Waals surface area contributed by atoms with E-state index >= 15 is 0 Å². The Morgan fingerprint density at radius 1 is 0.262 bits per heavy atom.